The summed E-state index contributed by atoms with van der Waals surface area (Å²) in [6.07, 6.45) is -2.32. The van der Waals surface area contributed by atoms with Crippen LogP contribution in [0, 0.1) is 23.2 Å². The number of carboxylic acid groups (broad SMARTS) is 1. The van der Waals surface area contributed by atoms with Gasteiger partial charge in [-0.15, -0.1) is 0 Å². The Hall–Kier alpha value is -1.29. The van der Waals surface area contributed by atoms with Crippen molar-refractivity contribution in [3.05, 3.63) is 0 Å². The van der Waals surface area contributed by atoms with Crippen LogP contribution in [0.2, 0.25) is 0 Å². The molecule has 3 unspecified atom stereocenters. The van der Waals surface area contributed by atoms with E-state index in [1.165, 1.54) is 6.07 Å². The van der Waals surface area contributed by atoms with E-state index in [-0.39, 0.29) is 6.04 Å². The molecule has 0 aromatic heterocycles. The SMILES string of the molecule is N#CC(CNC1CCCC(C(=O)O)C1)C(F)(F)F. The van der Waals surface area contributed by atoms with Gasteiger partial charge in [-0.05, 0) is 19.3 Å². The van der Waals surface area contributed by atoms with Crippen molar-refractivity contribution in [3.8, 4) is 6.07 Å². The minimum absolute atomic E-state index is 0.252. The summed E-state index contributed by atoms with van der Waals surface area (Å²) in [5, 5.41) is 19.9. The van der Waals surface area contributed by atoms with Gasteiger partial charge in [0.25, 0.3) is 0 Å². The van der Waals surface area contributed by atoms with Crippen molar-refractivity contribution in [1.82, 2.24) is 5.32 Å². The highest BCUT2D eigenvalue weighted by atomic mass is 19.4. The van der Waals surface area contributed by atoms with Gasteiger partial charge >= 0.3 is 12.1 Å². The smallest absolute Gasteiger partial charge is 0.405 e. The predicted molar refractivity (Wildman–Crippen MR) is 56.5 cm³/mol. The lowest BCUT2D eigenvalue weighted by Gasteiger charge is -2.28. The maximum atomic E-state index is 12.3. The number of alkyl halides is 3. The van der Waals surface area contributed by atoms with Crippen LogP contribution in [-0.4, -0.2) is 29.8 Å². The lowest BCUT2D eigenvalue weighted by Crippen LogP contribution is -2.41. The van der Waals surface area contributed by atoms with Crippen LogP contribution in [0.3, 0.4) is 0 Å². The molecule has 18 heavy (non-hydrogen) atoms. The molecule has 0 spiro atoms. The Kier molecular flexibility index (Phi) is 4.96. The average molecular weight is 264 g/mol. The second-order valence-corrected chi connectivity index (χ2v) is 4.53. The largest absolute Gasteiger partial charge is 0.481 e. The van der Waals surface area contributed by atoms with Crippen LogP contribution in [0.4, 0.5) is 13.2 Å². The van der Waals surface area contributed by atoms with E-state index in [1.54, 1.807) is 0 Å². The number of nitrogens with one attached hydrogen (secondary N) is 1. The number of nitriles is 1. The monoisotopic (exact) mass is 264 g/mol. The quantitative estimate of drug-likeness (QED) is 0.813. The Morgan fingerprint density at radius 2 is 2.17 bits per heavy atom. The molecule has 7 heteroatoms. The van der Waals surface area contributed by atoms with Crippen molar-refractivity contribution >= 4 is 5.97 Å². The summed E-state index contributed by atoms with van der Waals surface area (Å²) in [5.74, 6) is -3.44. The molecule has 0 saturated heterocycles. The molecule has 0 amide bonds. The first-order valence-electron chi connectivity index (χ1n) is 5.77. The summed E-state index contributed by atoms with van der Waals surface area (Å²) in [4.78, 5) is 10.8. The molecule has 2 N–H and O–H groups in total. The number of rotatable bonds is 4. The van der Waals surface area contributed by atoms with Crippen LogP contribution in [0.5, 0.6) is 0 Å². The van der Waals surface area contributed by atoms with Gasteiger partial charge < -0.3 is 10.4 Å². The fourth-order valence-corrected chi connectivity index (χ4v) is 2.12. The van der Waals surface area contributed by atoms with Crippen molar-refractivity contribution in [3.63, 3.8) is 0 Å². The average Bonchev–Trinajstić information content (AvgIpc) is 2.28. The van der Waals surface area contributed by atoms with Gasteiger partial charge in [0.15, 0.2) is 5.92 Å². The van der Waals surface area contributed by atoms with E-state index in [0.717, 1.165) is 0 Å². The van der Waals surface area contributed by atoms with Crippen molar-refractivity contribution < 1.29 is 23.1 Å². The minimum atomic E-state index is -4.54. The van der Waals surface area contributed by atoms with Crippen LogP contribution in [0.15, 0.2) is 0 Å². The number of hydrogen-bond acceptors (Lipinski definition) is 3. The van der Waals surface area contributed by atoms with Crippen molar-refractivity contribution in [2.75, 3.05) is 6.54 Å². The van der Waals surface area contributed by atoms with Gasteiger partial charge in [0.2, 0.25) is 0 Å². The standard InChI is InChI=1S/C11H15F3N2O2/c12-11(13,14)8(5-15)6-16-9-3-1-2-7(4-9)10(17)18/h7-9,16H,1-4,6H2,(H,17,18). The minimum Gasteiger partial charge on any atom is -0.481 e. The molecule has 4 nitrogen and oxygen atoms in total. The van der Waals surface area contributed by atoms with Gasteiger partial charge in [-0.1, -0.05) is 6.42 Å². The van der Waals surface area contributed by atoms with Gasteiger partial charge in [0.1, 0.15) is 0 Å². The number of carboxylic acids is 1. The van der Waals surface area contributed by atoms with E-state index in [0.29, 0.717) is 25.7 Å². The highest BCUT2D eigenvalue weighted by molar-refractivity contribution is 5.70. The number of halogens is 3. The molecule has 1 aliphatic rings. The zero-order chi connectivity index (χ0) is 13.8. The Labute approximate surface area is 103 Å². The van der Waals surface area contributed by atoms with Gasteiger partial charge in [-0.25, -0.2) is 0 Å². The van der Waals surface area contributed by atoms with E-state index in [4.69, 9.17) is 10.4 Å². The number of aliphatic carboxylic acids is 1. The van der Waals surface area contributed by atoms with Gasteiger partial charge in [0.05, 0.1) is 12.0 Å². The maximum Gasteiger partial charge on any atom is 0.405 e. The number of carbonyl (C=O) groups is 1. The van der Waals surface area contributed by atoms with Crippen LogP contribution < -0.4 is 5.32 Å². The predicted octanol–water partition coefficient (Wildman–Crippen LogP) is 1.92. The summed E-state index contributed by atoms with van der Waals surface area (Å²) in [6.45, 7) is -0.475. The van der Waals surface area contributed by atoms with Crippen molar-refractivity contribution in [2.24, 2.45) is 11.8 Å². The molecule has 0 aromatic carbocycles. The topological polar surface area (TPSA) is 73.1 Å². The molecule has 0 bridgehead atoms. The van der Waals surface area contributed by atoms with E-state index in [2.05, 4.69) is 5.32 Å². The summed E-state index contributed by atoms with van der Waals surface area (Å²) in [6, 6.07) is 0.960. The molecular weight excluding hydrogens is 249 g/mol. The summed E-state index contributed by atoms with van der Waals surface area (Å²) < 4.78 is 37.0. The molecule has 0 radical (unpaired) electrons. The third-order valence-corrected chi connectivity index (χ3v) is 3.19. The van der Waals surface area contributed by atoms with Gasteiger partial charge in [-0.2, -0.15) is 18.4 Å². The highest BCUT2D eigenvalue weighted by Gasteiger charge is 2.40. The molecule has 0 aliphatic heterocycles. The van der Waals surface area contributed by atoms with E-state index < -0.39 is 30.5 Å². The summed E-state index contributed by atoms with van der Waals surface area (Å²) >= 11 is 0. The van der Waals surface area contributed by atoms with E-state index >= 15 is 0 Å². The lowest BCUT2D eigenvalue weighted by atomic mass is 9.85. The Morgan fingerprint density at radius 1 is 1.50 bits per heavy atom. The zero-order valence-electron chi connectivity index (χ0n) is 9.70. The second kappa shape index (κ2) is 6.05. The number of hydrogen-bond donors (Lipinski definition) is 2. The van der Waals surface area contributed by atoms with Crippen molar-refractivity contribution in [2.45, 2.75) is 37.9 Å². The molecule has 1 aliphatic carbocycles. The molecule has 1 saturated carbocycles. The Bertz CT molecular complexity index is 338. The molecule has 1 fully saturated rings. The zero-order valence-corrected chi connectivity index (χ0v) is 9.70. The molecule has 1 rings (SSSR count). The molecule has 3 atom stereocenters. The maximum absolute atomic E-state index is 12.3. The van der Waals surface area contributed by atoms with Crippen LogP contribution in [0.25, 0.3) is 0 Å². The Balaban J connectivity index is 2.44. The summed E-state index contributed by atoms with van der Waals surface area (Å²) in [7, 11) is 0. The molecule has 102 valence electrons. The second-order valence-electron chi connectivity index (χ2n) is 4.53. The lowest BCUT2D eigenvalue weighted by molar-refractivity contribution is -0.158. The fraction of sp³-hybridized carbons (Fsp3) is 0.818. The first-order chi connectivity index (χ1) is 8.34. The van der Waals surface area contributed by atoms with Gasteiger partial charge in [-0.3, -0.25) is 4.79 Å². The van der Waals surface area contributed by atoms with Crippen LogP contribution in [-0.2, 0) is 4.79 Å². The van der Waals surface area contributed by atoms with Crippen molar-refractivity contribution in [1.29, 1.82) is 5.26 Å². The molecule has 0 heterocycles. The fourth-order valence-electron chi connectivity index (χ4n) is 2.12. The normalized spacial score (nSPS) is 26.3. The highest BCUT2D eigenvalue weighted by Crippen LogP contribution is 2.27. The van der Waals surface area contributed by atoms with Gasteiger partial charge in [0, 0.05) is 12.6 Å². The number of nitrogens with zero attached hydrogens (tertiary/aromatic N) is 1. The third-order valence-electron chi connectivity index (χ3n) is 3.19. The molecule has 0 aromatic rings. The Morgan fingerprint density at radius 3 is 2.67 bits per heavy atom. The molecular formula is C11H15F3N2O2. The van der Waals surface area contributed by atoms with E-state index in [1.807, 2.05) is 0 Å². The van der Waals surface area contributed by atoms with E-state index in [9.17, 15) is 18.0 Å². The summed E-state index contributed by atoms with van der Waals surface area (Å²) in [5.41, 5.74) is 0. The first kappa shape index (κ1) is 14.8. The third kappa shape index (κ3) is 4.18. The van der Waals surface area contributed by atoms with Crippen LogP contribution in [0.1, 0.15) is 25.7 Å². The van der Waals surface area contributed by atoms with Crippen LogP contribution >= 0.6 is 0 Å². The first-order valence-corrected chi connectivity index (χ1v) is 5.77.